The molecule has 4 aromatic rings. The zero-order valence-corrected chi connectivity index (χ0v) is 22.3. The summed E-state index contributed by atoms with van der Waals surface area (Å²) in [5.74, 6) is -0.223. The van der Waals surface area contributed by atoms with Crippen molar-refractivity contribution in [2.45, 2.75) is 59.5 Å². The van der Waals surface area contributed by atoms with E-state index in [9.17, 15) is 19.6 Å². The van der Waals surface area contributed by atoms with Gasteiger partial charge in [0.2, 0.25) is 0 Å². The molecule has 2 aromatic carbocycles. The topological polar surface area (TPSA) is 84.9 Å². The van der Waals surface area contributed by atoms with Crippen LogP contribution in [-0.2, 0) is 24.3 Å². The largest absolute Gasteiger partial charge is 0.332 e. The highest BCUT2D eigenvalue weighted by atomic mass is 32.1. The Balaban J connectivity index is 1.76. The number of ketones is 1. The number of rotatable bonds is 10. The lowest BCUT2D eigenvalue weighted by atomic mass is 9.96. The number of thiophene rings is 1. The summed E-state index contributed by atoms with van der Waals surface area (Å²) in [7, 11) is 0. The van der Waals surface area contributed by atoms with Gasteiger partial charge in [0.1, 0.15) is 4.83 Å². The number of carbonyl (C=O) groups excluding carboxylic acids is 1. The zero-order chi connectivity index (χ0) is 26.5. The quantitative estimate of drug-likeness (QED) is 0.269. The van der Waals surface area contributed by atoms with E-state index in [1.54, 1.807) is 10.6 Å². The number of hydrogen-bond donors (Lipinski definition) is 0. The fraction of sp³-hybridized carbons (Fsp3) is 0.333. The van der Waals surface area contributed by atoms with Gasteiger partial charge in [-0.05, 0) is 48.1 Å². The molecule has 4 rings (SSSR count). The summed E-state index contributed by atoms with van der Waals surface area (Å²) in [6, 6.07) is 19.3. The maximum absolute atomic E-state index is 13.6. The van der Waals surface area contributed by atoms with E-state index in [0.717, 1.165) is 45.4 Å². The first-order valence-electron chi connectivity index (χ1n) is 12.8. The molecule has 0 amide bonds. The van der Waals surface area contributed by atoms with E-state index in [4.69, 9.17) is 0 Å². The van der Waals surface area contributed by atoms with Crippen molar-refractivity contribution in [1.29, 1.82) is 5.26 Å². The van der Waals surface area contributed by atoms with Gasteiger partial charge in [-0.15, -0.1) is 11.3 Å². The molecular weight excluding hydrogens is 482 g/mol. The lowest BCUT2D eigenvalue weighted by Gasteiger charge is -2.15. The average molecular weight is 514 g/mol. The molecule has 37 heavy (non-hydrogen) atoms. The second-order valence-corrected chi connectivity index (χ2v) is 10.4. The Bertz CT molecular complexity index is 1590. The Morgan fingerprint density at radius 1 is 1.03 bits per heavy atom. The van der Waals surface area contributed by atoms with E-state index in [1.165, 1.54) is 11.3 Å². The van der Waals surface area contributed by atoms with Gasteiger partial charge in [0.05, 0.1) is 30.1 Å². The van der Waals surface area contributed by atoms with E-state index >= 15 is 0 Å². The number of nitrogens with zero attached hydrogens (tertiary/aromatic N) is 3. The highest BCUT2D eigenvalue weighted by Crippen LogP contribution is 2.26. The number of Topliss-reactive ketones (excluding diaryl/α,β-unsaturated/α-hetero) is 1. The smallest absolute Gasteiger partial charge is 0.297 e. The summed E-state index contributed by atoms with van der Waals surface area (Å²) < 4.78 is 2.74. The lowest BCUT2D eigenvalue weighted by Crippen LogP contribution is -2.42. The SMILES string of the molecule is CCCC(CC)C(=O)Cn1c(=O)c2cc(CC)sc2n(Cc2ccc(-c3ccccc3C#N)cc2)c1=O. The molecule has 0 aliphatic rings. The van der Waals surface area contributed by atoms with Crippen LogP contribution in [-0.4, -0.2) is 14.9 Å². The third kappa shape index (κ3) is 5.35. The second kappa shape index (κ2) is 11.5. The predicted octanol–water partition coefficient (Wildman–Crippen LogP) is 5.77. The van der Waals surface area contributed by atoms with Crippen molar-refractivity contribution in [2.75, 3.05) is 0 Å². The van der Waals surface area contributed by atoms with E-state index in [0.29, 0.717) is 22.2 Å². The van der Waals surface area contributed by atoms with E-state index in [2.05, 4.69) is 6.07 Å². The Morgan fingerprint density at radius 2 is 1.76 bits per heavy atom. The van der Waals surface area contributed by atoms with E-state index in [-0.39, 0.29) is 24.8 Å². The number of aromatic nitrogens is 2. The molecule has 0 bridgehead atoms. The number of benzene rings is 2. The molecule has 1 atom stereocenters. The summed E-state index contributed by atoms with van der Waals surface area (Å²) in [5, 5.41) is 9.92. The summed E-state index contributed by atoms with van der Waals surface area (Å²) >= 11 is 1.45. The number of aryl methyl sites for hydroxylation is 1. The van der Waals surface area contributed by atoms with Crippen molar-refractivity contribution in [3.63, 3.8) is 0 Å². The fourth-order valence-electron chi connectivity index (χ4n) is 4.73. The molecule has 0 saturated heterocycles. The first-order valence-corrected chi connectivity index (χ1v) is 13.6. The molecular formula is C30H31N3O3S. The van der Waals surface area contributed by atoms with Crippen molar-refractivity contribution in [3.8, 4) is 17.2 Å². The first kappa shape index (κ1) is 26.3. The van der Waals surface area contributed by atoms with Gasteiger partial charge in [0.15, 0.2) is 5.78 Å². The minimum atomic E-state index is -0.458. The van der Waals surface area contributed by atoms with Crippen molar-refractivity contribution < 1.29 is 4.79 Å². The third-order valence-electron chi connectivity index (χ3n) is 6.85. The lowest BCUT2D eigenvalue weighted by molar-refractivity contribution is -0.123. The van der Waals surface area contributed by atoms with Crippen LogP contribution in [0.5, 0.6) is 0 Å². The molecule has 1 unspecified atom stereocenters. The minimum Gasteiger partial charge on any atom is -0.297 e. The van der Waals surface area contributed by atoms with Crippen molar-refractivity contribution in [3.05, 3.63) is 91.4 Å². The van der Waals surface area contributed by atoms with Gasteiger partial charge in [0, 0.05) is 10.8 Å². The van der Waals surface area contributed by atoms with Gasteiger partial charge in [-0.3, -0.25) is 18.7 Å². The summed E-state index contributed by atoms with van der Waals surface area (Å²) in [4.78, 5) is 41.6. The van der Waals surface area contributed by atoms with Crippen molar-refractivity contribution in [1.82, 2.24) is 9.13 Å². The van der Waals surface area contributed by atoms with Crippen LogP contribution in [0, 0.1) is 17.2 Å². The molecule has 190 valence electrons. The summed E-state index contributed by atoms with van der Waals surface area (Å²) in [6.45, 7) is 6.09. The van der Waals surface area contributed by atoms with Crippen LogP contribution >= 0.6 is 11.3 Å². The van der Waals surface area contributed by atoms with Crippen LogP contribution in [0.15, 0.2) is 64.2 Å². The average Bonchev–Trinajstić information content (AvgIpc) is 3.37. The monoisotopic (exact) mass is 513 g/mol. The normalized spacial score (nSPS) is 11.9. The van der Waals surface area contributed by atoms with Crippen LogP contribution in [0.1, 0.15) is 56.0 Å². The molecule has 2 heterocycles. The fourth-order valence-corrected chi connectivity index (χ4v) is 5.81. The molecule has 6 nitrogen and oxygen atoms in total. The number of hydrogen-bond acceptors (Lipinski definition) is 5. The molecule has 0 radical (unpaired) electrons. The van der Waals surface area contributed by atoms with Crippen molar-refractivity contribution in [2.24, 2.45) is 5.92 Å². The second-order valence-electron chi connectivity index (χ2n) is 9.26. The third-order valence-corrected chi connectivity index (χ3v) is 8.15. The maximum atomic E-state index is 13.6. The minimum absolute atomic E-state index is 0.0686. The zero-order valence-electron chi connectivity index (χ0n) is 21.5. The van der Waals surface area contributed by atoms with Crippen molar-refractivity contribution >= 4 is 27.3 Å². The molecule has 0 saturated carbocycles. The number of carbonyl (C=O) groups is 1. The molecule has 0 aliphatic carbocycles. The number of nitriles is 1. The summed E-state index contributed by atoms with van der Waals surface area (Å²) in [5.41, 5.74) is 2.41. The van der Waals surface area contributed by atoms with Crippen LogP contribution in [0.3, 0.4) is 0 Å². The number of fused-ring (bicyclic) bond motifs is 1. The van der Waals surface area contributed by atoms with E-state index in [1.807, 2.05) is 69.3 Å². The van der Waals surface area contributed by atoms with Gasteiger partial charge in [-0.2, -0.15) is 5.26 Å². The molecule has 2 aromatic heterocycles. The molecule has 0 spiro atoms. The molecule has 0 fully saturated rings. The Hall–Kier alpha value is -3.76. The Labute approximate surface area is 220 Å². The standard InChI is InChI=1S/C30H31N3O3S/c1-4-9-21(5-2)27(34)19-32-28(35)26-16-24(6-3)37-29(26)33(30(32)36)18-20-12-14-22(15-13-20)25-11-8-7-10-23(25)17-31/h7-8,10-16,21H,4-6,9,18-19H2,1-3H3. The van der Waals surface area contributed by atoms with Crippen LogP contribution in [0.4, 0.5) is 0 Å². The molecule has 0 aliphatic heterocycles. The van der Waals surface area contributed by atoms with E-state index < -0.39 is 11.2 Å². The van der Waals surface area contributed by atoms with Crippen LogP contribution in [0.2, 0.25) is 0 Å². The van der Waals surface area contributed by atoms with Gasteiger partial charge >= 0.3 is 5.69 Å². The van der Waals surface area contributed by atoms with Gasteiger partial charge in [-0.1, -0.05) is 69.7 Å². The van der Waals surface area contributed by atoms with Crippen LogP contribution in [0.25, 0.3) is 21.3 Å². The molecule has 7 heteroatoms. The van der Waals surface area contributed by atoms with Crippen LogP contribution < -0.4 is 11.2 Å². The first-order chi connectivity index (χ1) is 17.9. The van der Waals surface area contributed by atoms with Gasteiger partial charge < -0.3 is 0 Å². The highest BCUT2D eigenvalue weighted by Gasteiger charge is 2.21. The van der Waals surface area contributed by atoms with Gasteiger partial charge in [-0.25, -0.2) is 4.79 Å². The molecule has 0 N–H and O–H groups in total. The Morgan fingerprint density at radius 3 is 2.41 bits per heavy atom. The van der Waals surface area contributed by atoms with Gasteiger partial charge in [0.25, 0.3) is 5.56 Å². The summed E-state index contributed by atoms with van der Waals surface area (Å²) in [6.07, 6.45) is 3.08. The highest BCUT2D eigenvalue weighted by molar-refractivity contribution is 7.18. The Kier molecular flexibility index (Phi) is 8.20. The maximum Gasteiger partial charge on any atom is 0.332 e. The predicted molar refractivity (Wildman–Crippen MR) is 149 cm³/mol.